The van der Waals surface area contributed by atoms with Crippen LogP contribution >= 0.6 is 0 Å². The van der Waals surface area contributed by atoms with Crippen molar-refractivity contribution in [1.29, 1.82) is 0 Å². The SMILES string of the molecule is C=C(NC1CC(F)(F)C1)C1=CC(C(=N/N(C)c2ccccc2)/C(C)=C/NC(N[C@H](CC)CCCCC)=C2CC2)=CN(C)C1=C. The zero-order chi connectivity index (χ0) is 31.9. The maximum atomic E-state index is 13.5. The van der Waals surface area contributed by atoms with Gasteiger partial charge in [0.2, 0.25) is 0 Å². The van der Waals surface area contributed by atoms with Crippen molar-refractivity contribution < 1.29 is 8.78 Å². The number of nitrogens with zero attached hydrogens (tertiary/aromatic N) is 3. The van der Waals surface area contributed by atoms with Gasteiger partial charge < -0.3 is 20.9 Å². The Labute approximate surface area is 263 Å². The van der Waals surface area contributed by atoms with E-state index in [1.165, 1.54) is 24.8 Å². The fourth-order valence-corrected chi connectivity index (χ4v) is 5.48. The van der Waals surface area contributed by atoms with E-state index in [0.29, 0.717) is 11.7 Å². The number of alkyl halides is 2. The van der Waals surface area contributed by atoms with Gasteiger partial charge >= 0.3 is 0 Å². The van der Waals surface area contributed by atoms with E-state index in [1.54, 1.807) is 0 Å². The smallest absolute Gasteiger partial charge is 0.252 e. The van der Waals surface area contributed by atoms with Crippen LogP contribution in [0.2, 0.25) is 0 Å². The molecule has 2 fully saturated rings. The molecule has 0 unspecified atom stereocenters. The molecule has 3 aliphatic rings. The van der Waals surface area contributed by atoms with Gasteiger partial charge in [0.1, 0.15) is 5.82 Å². The average Bonchev–Trinajstić information content (AvgIpc) is 3.83. The highest BCUT2D eigenvalue weighted by Crippen LogP contribution is 2.39. The highest BCUT2D eigenvalue weighted by atomic mass is 19.3. The number of hydrogen-bond donors (Lipinski definition) is 3. The first-order valence-electron chi connectivity index (χ1n) is 16.0. The van der Waals surface area contributed by atoms with Crippen molar-refractivity contribution in [3.8, 4) is 0 Å². The molecule has 2 saturated carbocycles. The fourth-order valence-electron chi connectivity index (χ4n) is 5.48. The van der Waals surface area contributed by atoms with Crippen molar-refractivity contribution in [1.82, 2.24) is 20.9 Å². The van der Waals surface area contributed by atoms with Gasteiger partial charge in [-0.3, -0.25) is 5.01 Å². The standard InChI is InChI=1S/C36H50F2N6/c1-8-10-12-15-30(9-2)41-35(28-18-19-28)39-23-25(3)34(42-44(7)32-16-13-11-14-17-32)29-20-33(27(5)43(6)24-29)26(4)40-31-21-36(37,38)22-31/h11,13-14,16-17,20,23-24,30-31,39-41H,4-5,8-10,12,15,18-19,21-22H2,1-3,6-7H3/b25-23+,42-34+/t30-/m1/s1. The van der Waals surface area contributed by atoms with Gasteiger partial charge in [0.05, 0.1) is 11.4 Å². The lowest BCUT2D eigenvalue weighted by atomic mass is 9.87. The molecule has 1 atom stereocenters. The predicted octanol–water partition coefficient (Wildman–Crippen LogP) is 8.10. The molecule has 44 heavy (non-hydrogen) atoms. The van der Waals surface area contributed by atoms with Crippen molar-refractivity contribution in [3.63, 3.8) is 0 Å². The minimum Gasteiger partial charge on any atom is -0.382 e. The average molecular weight is 605 g/mol. The summed E-state index contributed by atoms with van der Waals surface area (Å²) in [6.07, 6.45) is 13.8. The van der Waals surface area contributed by atoms with Crippen LogP contribution < -0.4 is 21.0 Å². The summed E-state index contributed by atoms with van der Waals surface area (Å²) < 4.78 is 27.0. The topological polar surface area (TPSA) is 54.9 Å². The quantitative estimate of drug-likeness (QED) is 0.101. The van der Waals surface area contributed by atoms with Crippen LogP contribution in [0.1, 0.15) is 78.6 Å². The van der Waals surface area contributed by atoms with Crippen LogP contribution in [0.15, 0.2) is 107 Å². The van der Waals surface area contributed by atoms with Crippen molar-refractivity contribution >= 4 is 11.4 Å². The molecule has 0 spiro atoms. The Morgan fingerprint density at radius 1 is 1.18 bits per heavy atom. The van der Waals surface area contributed by atoms with E-state index in [-0.39, 0.29) is 18.9 Å². The van der Waals surface area contributed by atoms with Gasteiger partial charge in [-0.25, -0.2) is 8.78 Å². The molecule has 6 nitrogen and oxygen atoms in total. The van der Waals surface area contributed by atoms with Gasteiger partial charge in [-0.15, -0.1) is 0 Å². The second-order valence-electron chi connectivity index (χ2n) is 12.3. The largest absolute Gasteiger partial charge is 0.382 e. The van der Waals surface area contributed by atoms with Gasteiger partial charge in [0, 0.05) is 74.0 Å². The van der Waals surface area contributed by atoms with Crippen molar-refractivity contribution in [2.24, 2.45) is 5.10 Å². The number of para-hydroxylation sites is 1. The van der Waals surface area contributed by atoms with Gasteiger partial charge in [0.25, 0.3) is 5.92 Å². The van der Waals surface area contributed by atoms with Crippen LogP contribution in [0.25, 0.3) is 0 Å². The molecular weight excluding hydrogens is 554 g/mol. The van der Waals surface area contributed by atoms with E-state index >= 15 is 0 Å². The first kappa shape index (κ1) is 33.1. The lowest BCUT2D eigenvalue weighted by molar-refractivity contribution is -0.0903. The van der Waals surface area contributed by atoms with Crippen LogP contribution in [0.5, 0.6) is 0 Å². The van der Waals surface area contributed by atoms with Gasteiger partial charge in [-0.1, -0.05) is 64.5 Å². The minimum absolute atomic E-state index is 0.185. The van der Waals surface area contributed by atoms with E-state index in [1.807, 2.05) is 72.8 Å². The summed E-state index contributed by atoms with van der Waals surface area (Å²) in [4.78, 5) is 1.94. The number of nitrogens with one attached hydrogen (secondary N) is 3. The van der Waals surface area contributed by atoms with Crippen LogP contribution in [-0.2, 0) is 0 Å². The Balaban J connectivity index is 1.62. The van der Waals surface area contributed by atoms with E-state index in [4.69, 9.17) is 5.10 Å². The molecule has 1 aromatic rings. The summed E-state index contributed by atoms with van der Waals surface area (Å²) in [7, 11) is 3.87. The zero-order valence-electron chi connectivity index (χ0n) is 27.1. The molecule has 0 radical (unpaired) electrons. The van der Waals surface area contributed by atoms with Gasteiger partial charge in [-0.2, -0.15) is 5.10 Å². The third-order valence-corrected chi connectivity index (χ3v) is 8.47. The third kappa shape index (κ3) is 8.87. The van der Waals surface area contributed by atoms with Crippen LogP contribution in [-0.4, -0.2) is 42.7 Å². The maximum Gasteiger partial charge on any atom is 0.252 e. The summed E-state index contributed by atoms with van der Waals surface area (Å²) >= 11 is 0. The molecule has 238 valence electrons. The summed E-state index contributed by atoms with van der Waals surface area (Å²) in [5.41, 5.74) is 7.08. The summed E-state index contributed by atoms with van der Waals surface area (Å²) in [5.74, 6) is -1.50. The van der Waals surface area contributed by atoms with E-state index in [2.05, 4.69) is 49.9 Å². The lowest BCUT2D eigenvalue weighted by Gasteiger charge is -2.37. The number of unbranched alkanes of at least 4 members (excludes halogenated alkanes) is 2. The Kier molecular flexibility index (Phi) is 11.1. The van der Waals surface area contributed by atoms with Gasteiger partial charge in [-0.05, 0) is 62.0 Å². The minimum atomic E-state index is -2.61. The monoisotopic (exact) mass is 604 g/mol. The van der Waals surface area contributed by atoms with Gasteiger partial charge in [0.15, 0.2) is 0 Å². The number of allylic oxidation sites excluding steroid dienone is 4. The van der Waals surface area contributed by atoms with E-state index in [9.17, 15) is 8.78 Å². The highest BCUT2D eigenvalue weighted by molar-refractivity contribution is 6.14. The van der Waals surface area contributed by atoms with Crippen LogP contribution in [0.4, 0.5) is 14.5 Å². The van der Waals surface area contributed by atoms with Crippen LogP contribution in [0, 0.1) is 0 Å². The number of rotatable bonds is 16. The highest BCUT2D eigenvalue weighted by Gasteiger charge is 2.45. The summed E-state index contributed by atoms with van der Waals surface area (Å²) in [5, 5.41) is 17.5. The Bertz CT molecular complexity index is 1340. The predicted molar refractivity (Wildman–Crippen MR) is 180 cm³/mol. The number of hydrazone groups is 1. The number of halogens is 2. The molecule has 8 heteroatoms. The number of anilines is 1. The molecule has 1 aromatic carbocycles. The lowest BCUT2D eigenvalue weighted by Crippen LogP contribution is -2.48. The second kappa shape index (κ2) is 14.8. The molecule has 0 saturated heterocycles. The molecule has 0 amide bonds. The fraction of sp³-hybridized carbons (Fsp3) is 0.472. The number of hydrogen-bond acceptors (Lipinski definition) is 6. The van der Waals surface area contributed by atoms with Crippen LogP contribution in [0.3, 0.4) is 0 Å². The van der Waals surface area contributed by atoms with E-state index < -0.39 is 5.92 Å². The zero-order valence-corrected chi connectivity index (χ0v) is 27.1. The van der Waals surface area contributed by atoms with Crippen molar-refractivity contribution in [2.75, 3.05) is 19.1 Å². The molecule has 1 aliphatic heterocycles. The first-order valence-corrected chi connectivity index (χ1v) is 16.0. The molecule has 1 heterocycles. The Hall–Kier alpha value is -3.81. The molecule has 4 rings (SSSR count). The number of benzene rings is 1. The maximum absolute atomic E-state index is 13.5. The Morgan fingerprint density at radius 3 is 2.50 bits per heavy atom. The van der Waals surface area contributed by atoms with E-state index in [0.717, 1.165) is 65.3 Å². The Morgan fingerprint density at radius 2 is 1.89 bits per heavy atom. The summed E-state index contributed by atoms with van der Waals surface area (Å²) in [6.45, 7) is 15.0. The number of likely N-dealkylation sites (N-methyl/N-ethyl adjacent to an activating group) is 1. The molecule has 2 aliphatic carbocycles. The molecular formula is C36H50F2N6. The summed E-state index contributed by atoms with van der Waals surface area (Å²) in [6, 6.07) is 10.1. The first-order chi connectivity index (χ1) is 21.0. The second-order valence-corrected chi connectivity index (χ2v) is 12.3. The molecule has 3 N–H and O–H groups in total. The molecule has 0 aromatic heterocycles. The third-order valence-electron chi connectivity index (χ3n) is 8.47. The van der Waals surface area contributed by atoms with Crippen molar-refractivity contribution in [3.05, 3.63) is 101 Å². The molecule has 0 bridgehead atoms. The normalized spacial score (nSPS) is 19.0. The van der Waals surface area contributed by atoms with Crippen molar-refractivity contribution in [2.45, 2.75) is 96.6 Å².